The van der Waals surface area contributed by atoms with Gasteiger partial charge in [-0.3, -0.25) is 0 Å². The van der Waals surface area contributed by atoms with Crippen LogP contribution >= 0.6 is 55.1 Å². The molecule has 0 fully saturated rings. The van der Waals surface area contributed by atoms with Gasteiger partial charge < -0.3 is 9.47 Å². The second kappa shape index (κ2) is 8.35. The minimum atomic E-state index is -0.550. The van der Waals surface area contributed by atoms with Crippen LogP contribution in [0.4, 0.5) is 0 Å². The van der Waals surface area contributed by atoms with Crippen LogP contribution in [0.25, 0.3) is 6.08 Å². The lowest BCUT2D eigenvalue weighted by Crippen LogP contribution is -2.06. The molecule has 0 radical (unpaired) electrons. The summed E-state index contributed by atoms with van der Waals surface area (Å²) in [5.74, 6) is 0.287. The third kappa shape index (κ3) is 4.74. The van der Waals surface area contributed by atoms with E-state index >= 15 is 0 Å². The topological polar surface area (TPSA) is 47.9 Å². The van der Waals surface area contributed by atoms with Crippen molar-refractivity contribution in [2.75, 3.05) is 0 Å². The molecule has 3 rings (SSSR count). The van der Waals surface area contributed by atoms with E-state index in [0.717, 1.165) is 14.5 Å². The summed E-state index contributed by atoms with van der Waals surface area (Å²) in [5.41, 5.74) is 1.43. The summed E-state index contributed by atoms with van der Waals surface area (Å²) >= 11 is 19.0. The molecule has 0 saturated carbocycles. The number of hydrogen-bond donors (Lipinski definition) is 0. The molecule has 8 heteroatoms. The highest BCUT2D eigenvalue weighted by Crippen LogP contribution is 2.36. The number of cyclic esters (lactones) is 1. The molecule has 0 N–H and O–H groups in total. The normalized spacial score (nSPS) is 15.3. The van der Waals surface area contributed by atoms with Crippen molar-refractivity contribution < 1.29 is 14.3 Å². The van der Waals surface area contributed by atoms with Gasteiger partial charge in [-0.2, -0.15) is 0 Å². The second-order valence-corrected chi connectivity index (χ2v) is 8.49. The van der Waals surface area contributed by atoms with Gasteiger partial charge in [0, 0.05) is 5.02 Å². The zero-order valence-corrected chi connectivity index (χ0v) is 18.9. The fourth-order valence-corrected chi connectivity index (χ4v) is 4.25. The summed E-state index contributed by atoms with van der Waals surface area (Å²) in [4.78, 5) is 16.5. The van der Waals surface area contributed by atoms with Crippen molar-refractivity contribution in [3.05, 3.63) is 66.1 Å². The summed E-state index contributed by atoms with van der Waals surface area (Å²) < 4.78 is 12.5. The Morgan fingerprint density at radius 1 is 1.15 bits per heavy atom. The Bertz CT molecular complexity index is 964. The number of carbonyl (C=O) groups excluding carboxylic acids is 1. The predicted octanol–water partition coefficient (Wildman–Crippen LogP) is 6.65. The molecular formula is C19H13Br2Cl2NO3. The van der Waals surface area contributed by atoms with E-state index < -0.39 is 5.97 Å². The lowest BCUT2D eigenvalue weighted by Gasteiger charge is -2.14. The number of esters is 1. The fraction of sp³-hybridized carbons (Fsp3) is 0.158. The van der Waals surface area contributed by atoms with Gasteiger partial charge in [-0.25, -0.2) is 9.79 Å². The monoisotopic (exact) mass is 531 g/mol. The van der Waals surface area contributed by atoms with Crippen LogP contribution in [0.2, 0.25) is 10.0 Å². The molecule has 2 aromatic carbocycles. The first-order chi connectivity index (χ1) is 12.7. The second-order valence-electron chi connectivity index (χ2n) is 5.94. The van der Waals surface area contributed by atoms with E-state index in [1.165, 1.54) is 0 Å². The Labute approximate surface area is 183 Å². The molecule has 1 heterocycles. The molecule has 0 aromatic heterocycles. The lowest BCUT2D eigenvalue weighted by molar-refractivity contribution is -0.129. The van der Waals surface area contributed by atoms with Gasteiger partial charge in [0.1, 0.15) is 5.75 Å². The van der Waals surface area contributed by atoms with E-state index in [-0.39, 0.29) is 17.7 Å². The van der Waals surface area contributed by atoms with Crippen molar-refractivity contribution in [3.63, 3.8) is 0 Å². The molecule has 0 saturated heterocycles. The number of carbonyl (C=O) groups is 1. The summed E-state index contributed by atoms with van der Waals surface area (Å²) in [6.07, 6.45) is 1.66. The third-order valence-corrected chi connectivity index (χ3v) is 5.19. The molecule has 2 aromatic rings. The molecule has 0 bridgehead atoms. The van der Waals surface area contributed by atoms with Gasteiger partial charge >= 0.3 is 5.97 Å². The Morgan fingerprint density at radius 3 is 2.41 bits per heavy atom. The molecule has 1 aliphatic heterocycles. The quantitative estimate of drug-likeness (QED) is 0.326. The molecule has 1 aliphatic rings. The maximum absolute atomic E-state index is 12.2. The number of halogens is 4. The summed E-state index contributed by atoms with van der Waals surface area (Å²) in [6, 6.07) is 8.56. The highest BCUT2D eigenvalue weighted by atomic mass is 79.9. The molecule has 140 valence electrons. The summed E-state index contributed by atoms with van der Waals surface area (Å²) in [5, 5.41) is 0.846. The van der Waals surface area contributed by atoms with Crippen molar-refractivity contribution in [2.24, 2.45) is 4.99 Å². The molecule has 0 spiro atoms. The van der Waals surface area contributed by atoms with Gasteiger partial charge in [0.25, 0.3) is 0 Å². The first kappa shape index (κ1) is 20.4. The van der Waals surface area contributed by atoms with Gasteiger partial charge in [0.2, 0.25) is 5.90 Å². The van der Waals surface area contributed by atoms with Crippen molar-refractivity contribution in [3.8, 4) is 5.75 Å². The standard InChI is InChI=1S/C19H13Br2Cl2NO3/c1-9(2)26-17-13(20)5-10(6-14(17)21)7-16-19(25)27-18(24-16)12-4-3-11(22)8-15(12)23/h3-9H,1-2H3/b16-7-. The van der Waals surface area contributed by atoms with Crippen LogP contribution in [0.3, 0.4) is 0 Å². The van der Waals surface area contributed by atoms with E-state index in [2.05, 4.69) is 36.9 Å². The van der Waals surface area contributed by atoms with Crippen molar-refractivity contribution >= 4 is 73.0 Å². The van der Waals surface area contributed by atoms with Gasteiger partial charge in [-0.1, -0.05) is 23.2 Å². The molecule has 4 nitrogen and oxygen atoms in total. The van der Waals surface area contributed by atoms with Crippen LogP contribution in [0.15, 0.2) is 50.0 Å². The molecule has 0 aliphatic carbocycles. The van der Waals surface area contributed by atoms with Crippen LogP contribution < -0.4 is 4.74 Å². The van der Waals surface area contributed by atoms with Gasteiger partial charge in [0.15, 0.2) is 5.70 Å². The van der Waals surface area contributed by atoms with Crippen molar-refractivity contribution in [2.45, 2.75) is 20.0 Å². The summed E-state index contributed by atoms with van der Waals surface area (Å²) in [7, 11) is 0. The van der Waals surface area contributed by atoms with E-state index in [9.17, 15) is 4.79 Å². The van der Waals surface area contributed by atoms with Gasteiger partial charge in [0.05, 0.1) is 25.6 Å². The number of ether oxygens (including phenoxy) is 2. The zero-order valence-electron chi connectivity index (χ0n) is 14.2. The van der Waals surface area contributed by atoms with E-state index in [4.69, 9.17) is 32.7 Å². The number of aliphatic imine (C=N–C) groups is 1. The zero-order chi connectivity index (χ0) is 19.7. The Kier molecular flexibility index (Phi) is 6.31. The molecular weight excluding hydrogens is 521 g/mol. The minimum absolute atomic E-state index is 0.0305. The minimum Gasteiger partial charge on any atom is -0.489 e. The molecule has 0 atom stereocenters. The van der Waals surface area contributed by atoms with Gasteiger partial charge in [-0.05, 0) is 87.7 Å². The average molecular weight is 534 g/mol. The Morgan fingerprint density at radius 2 is 1.81 bits per heavy atom. The average Bonchev–Trinajstić information content (AvgIpc) is 2.91. The van der Waals surface area contributed by atoms with Crippen LogP contribution in [0, 0.1) is 0 Å². The number of benzene rings is 2. The smallest absolute Gasteiger partial charge is 0.363 e. The Balaban J connectivity index is 1.95. The number of rotatable bonds is 4. The highest BCUT2D eigenvalue weighted by Gasteiger charge is 2.26. The van der Waals surface area contributed by atoms with E-state index in [1.54, 1.807) is 24.3 Å². The van der Waals surface area contributed by atoms with Crippen LogP contribution in [0.5, 0.6) is 5.75 Å². The maximum atomic E-state index is 12.2. The van der Waals surface area contributed by atoms with E-state index in [0.29, 0.717) is 21.4 Å². The number of nitrogens with zero attached hydrogens (tertiary/aromatic N) is 1. The SMILES string of the molecule is CC(C)Oc1c(Br)cc(/C=C2\N=C(c3ccc(Cl)cc3Cl)OC2=O)cc1Br. The first-order valence-corrected chi connectivity index (χ1v) is 10.2. The lowest BCUT2D eigenvalue weighted by atomic mass is 10.2. The largest absolute Gasteiger partial charge is 0.489 e. The molecule has 27 heavy (non-hydrogen) atoms. The predicted molar refractivity (Wildman–Crippen MR) is 115 cm³/mol. The number of hydrogen-bond acceptors (Lipinski definition) is 4. The third-order valence-electron chi connectivity index (χ3n) is 3.46. The van der Waals surface area contributed by atoms with Crippen LogP contribution in [-0.2, 0) is 9.53 Å². The summed E-state index contributed by atoms with van der Waals surface area (Å²) in [6.45, 7) is 3.89. The fourth-order valence-electron chi connectivity index (χ4n) is 2.36. The highest BCUT2D eigenvalue weighted by molar-refractivity contribution is 9.11. The van der Waals surface area contributed by atoms with Crippen molar-refractivity contribution in [1.29, 1.82) is 0 Å². The van der Waals surface area contributed by atoms with Gasteiger partial charge in [-0.15, -0.1) is 0 Å². The molecule has 0 unspecified atom stereocenters. The first-order valence-electron chi connectivity index (χ1n) is 7.88. The van der Waals surface area contributed by atoms with Crippen LogP contribution in [0.1, 0.15) is 25.0 Å². The van der Waals surface area contributed by atoms with E-state index in [1.807, 2.05) is 26.0 Å². The van der Waals surface area contributed by atoms with Crippen LogP contribution in [-0.4, -0.2) is 18.0 Å². The van der Waals surface area contributed by atoms with Crippen molar-refractivity contribution in [1.82, 2.24) is 0 Å². The molecule has 0 amide bonds. The maximum Gasteiger partial charge on any atom is 0.363 e. The Hall–Kier alpha value is -1.34.